The molecule has 27 heavy (non-hydrogen) atoms. The standard InChI is InChI=1S/C21H28ClN3O2/c22-19-12-17(27-23-19)6-7-20(26)25-9-3-4-14-10-15-11-16(21(14)25)13-24-8-2-1-5-18(15)24/h10,12,15-16,18,21H,1-9,11,13H2/t15-,16-,18+,21-/m0/s1. The zero-order valence-electron chi connectivity index (χ0n) is 15.8. The van der Waals surface area contributed by atoms with Crippen molar-refractivity contribution < 1.29 is 9.32 Å². The van der Waals surface area contributed by atoms with Gasteiger partial charge in [0.15, 0.2) is 5.15 Å². The number of amides is 1. The Labute approximate surface area is 165 Å². The van der Waals surface area contributed by atoms with Crippen molar-refractivity contribution in [3.05, 3.63) is 28.6 Å². The second-order valence-electron chi connectivity index (χ2n) is 8.71. The average Bonchev–Trinajstić information content (AvgIpc) is 3.11. The van der Waals surface area contributed by atoms with Crippen molar-refractivity contribution in [2.45, 2.75) is 63.5 Å². The van der Waals surface area contributed by atoms with Crippen LogP contribution < -0.4 is 0 Å². The summed E-state index contributed by atoms with van der Waals surface area (Å²) in [6.45, 7) is 3.31. The number of likely N-dealkylation sites (tertiary alicyclic amines) is 1. The molecule has 4 heterocycles. The minimum atomic E-state index is 0.248. The molecule has 5 rings (SSSR count). The average molecular weight is 390 g/mol. The van der Waals surface area contributed by atoms with Gasteiger partial charge in [0.2, 0.25) is 5.91 Å². The van der Waals surface area contributed by atoms with Crippen LogP contribution in [0.5, 0.6) is 0 Å². The van der Waals surface area contributed by atoms with E-state index in [1.54, 1.807) is 11.6 Å². The van der Waals surface area contributed by atoms with E-state index in [0.29, 0.717) is 41.6 Å². The minimum Gasteiger partial charge on any atom is -0.360 e. The Morgan fingerprint density at radius 2 is 2.22 bits per heavy atom. The first kappa shape index (κ1) is 17.7. The quantitative estimate of drug-likeness (QED) is 0.740. The van der Waals surface area contributed by atoms with Crippen LogP contribution in [-0.4, -0.2) is 52.6 Å². The summed E-state index contributed by atoms with van der Waals surface area (Å²) in [5.41, 5.74) is 1.55. The number of carbonyl (C=O) groups is 1. The van der Waals surface area contributed by atoms with Crippen LogP contribution in [0.2, 0.25) is 5.15 Å². The highest BCUT2D eigenvalue weighted by atomic mass is 35.5. The number of hydrogen-bond donors (Lipinski definition) is 0. The highest BCUT2D eigenvalue weighted by molar-refractivity contribution is 6.29. The van der Waals surface area contributed by atoms with E-state index in [1.807, 2.05) is 0 Å². The van der Waals surface area contributed by atoms with Gasteiger partial charge in [0.05, 0.1) is 6.04 Å². The second-order valence-corrected chi connectivity index (χ2v) is 9.10. The number of rotatable bonds is 3. The van der Waals surface area contributed by atoms with Gasteiger partial charge in [0.25, 0.3) is 0 Å². The van der Waals surface area contributed by atoms with Crippen LogP contribution in [0.1, 0.15) is 50.7 Å². The zero-order chi connectivity index (χ0) is 18.4. The van der Waals surface area contributed by atoms with Gasteiger partial charge in [-0.3, -0.25) is 9.69 Å². The van der Waals surface area contributed by atoms with E-state index >= 15 is 0 Å². The van der Waals surface area contributed by atoms with Crippen LogP contribution >= 0.6 is 11.6 Å². The molecule has 6 heteroatoms. The molecule has 4 aliphatic rings. The van der Waals surface area contributed by atoms with Crippen molar-refractivity contribution in [1.29, 1.82) is 0 Å². The van der Waals surface area contributed by atoms with Gasteiger partial charge in [-0.15, -0.1) is 0 Å². The number of fused-ring (bicyclic) bond motifs is 6. The van der Waals surface area contributed by atoms with Crippen LogP contribution in [0.25, 0.3) is 0 Å². The Morgan fingerprint density at radius 1 is 1.30 bits per heavy atom. The minimum absolute atomic E-state index is 0.248. The first-order valence-corrected chi connectivity index (χ1v) is 10.9. The van der Waals surface area contributed by atoms with Crippen molar-refractivity contribution in [2.75, 3.05) is 19.6 Å². The Bertz CT molecular complexity index is 746. The van der Waals surface area contributed by atoms with Crippen molar-refractivity contribution in [1.82, 2.24) is 15.0 Å². The second kappa shape index (κ2) is 7.25. The molecule has 3 fully saturated rings. The van der Waals surface area contributed by atoms with E-state index in [9.17, 15) is 4.79 Å². The predicted molar refractivity (Wildman–Crippen MR) is 103 cm³/mol. The lowest BCUT2D eigenvalue weighted by Crippen LogP contribution is -2.60. The van der Waals surface area contributed by atoms with Gasteiger partial charge in [0, 0.05) is 38.0 Å². The van der Waals surface area contributed by atoms with Gasteiger partial charge in [0.1, 0.15) is 5.76 Å². The van der Waals surface area contributed by atoms with Gasteiger partial charge < -0.3 is 9.42 Å². The maximum atomic E-state index is 13.1. The number of hydrogen-bond acceptors (Lipinski definition) is 4. The summed E-state index contributed by atoms with van der Waals surface area (Å²) in [4.78, 5) is 18.0. The number of carbonyl (C=O) groups excluding carboxylic acids is 1. The molecule has 4 atom stereocenters. The molecule has 0 spiro atoms. The monoisotopic (exact) mass is 389 g/mol. The molecular formula is C21H28ClN3O2. The Hall–Kier alpha value is -1.33. The summed E-state index contributed by atoms with van der Waals surface area (Å²) in [6.07, 6.45) is 11.2. The lowest BCUT2D eigenvalue weighted by Gasteiger charge is -2.54. The normalized spacial score (nSPS) is 33.2. The van der Waals surface area contributed by atoms with E-state index in [1.165, 1.54) is 45.2 Å². The van der Waals surface area contributed by atoms with E-state index in [-0.39, 0.29) is 5.91 Å². The Morgan fingerprint density at radius 3 is 3.07 bits per heavy atom. The maximum absolute atomic E-state index is 13.1. The van der Waals surface area contributed by atoms with Crippen molar-refractivity contribution in [3.8, 4) is 0 Å². The lowest BCUT2D eigenvalue weighted by molar-refractivity contribution is -0.136. The van der Waals surface area contributed by atoms with Crippen LogP contribution in [0.15, 0.2) is 22.2 Å². The molecule has 0 aromatic carbocycles. The Kier molecular flexibility index (Phi) is 4.76. The zero-order valence-corrected chi connectivity index (χ0v) is 16.5. The molecule has 0 N–H and O–H groups in total. The molecule has 1 aromatic heterocycles. The highest BCUT2D eigenvalue weighted by Gasteiger charge is 2.46. The summed E-state index contributed by atoms with van der Waals surface area (Å²) in [6, 6.07) is 2.79. The number of nitrogens with zero attached hydrogens (tertiary/aromatic N) is 3. The van der Waals surface area contributed by atoms with E-state index in [0.717, 1.165) is 19.0 Å². The molecule has 3 saturated heterocycles. The Balaban J connectivity index is 1.32. The van der Waals surface area contributed by atoms with Crippen LogP contribution in [0.3, 0.4) is 0 Å². The molecule has 0 saturated carbocycles. The number of halogens is 1. The van der Waals surface area contributed by atoms with E-state index in [2.05, 4.69) is 21.0 Å². The number of aromatic nitrogens is 1. The summed E-state index contributed by atoms with van der Waals surface area (Å²) in [5.74, 6) is 2.26. The topological polar surface area (TPSA) is 49.6 Å². The predicted octanol–water partition coefficient (Wildman–Crippen LogP) is 3.68. The third kappa shape index (κ3) is 3.33. The molecule has 1 aromatic rings. The van der Waals surface area contributed by atoms with Crippen molar-refractivity contribution in [3.63, 3.8) is 0 Å². The summed E-state index contributed by atoms with van der Waals surface area (Å²) >= 11 is 5.82. The van der Waals surface area contributed by atoms with Crippen LogP contribution in [0.4, 0.5) is 0 Å². The fourth-order valence-corrected chi connectivity index (χ4v) is 6.19. The van der Waals surface area contributed by atoms with E-state index in [4.69, 9.17) is 16.1 Å². The highest BCUT2D eigenvalue weighted by Crippen LogP contribution is 2.45. The summed E-state index contributed by atoms with van der Waals surface area (Å²) in [5, 5.41) is 4.06. The molecule has 0 unspecified atom stereocenters. The number of aryl methyl sites for hydroxylation is 1. The van der Waals surface area contributed by atoms with Gasteiger partial charge in [-0.25, -0.2) is 0 Å². The fraction of sp³-hybridized carbons (Fsp3) is 0.714. The van der Waals surface area contributed by atoms with Gasteiger partial charge >= 0.3 is 0 Å². The molecular weight excluding hydrogens is 362 g/mol. The van der Waals surface area contributed by atoms with Crippen molar-refractivity contribution in [2.24, 2.45) is 11.8 Å². The molecule has 0 radical (unpaired) electrons. The fourth-order valence-electron chi connectivity index (χ4n) is 6.03. The number of piperidine rings is 3. The smallest absolute Gasteiger partial charge is 0.223 e. The lowest BCUT2D eigenvalue weighted by atomic mass is 9.68. The SMILES string of the molecule is O=C(CCc1cc(Cl)no1)N1CCCC2=C[C@H]3C[C@@H](CN4CCCC[C@H]34)[C@H]21. The third-order valence-corrected chi connectivity index (χ3v) is 7.27. The van der Waals surface area contributed by atoms with Crippen molar-refractivity contribution >= 4 is 17.5 Å². The van der Waals surface area contributed by atoms with Gasteiger partial charge in [-0.2, -0.15) is 0 Å². The molecule has 146 valence electrons. The summed E-state index contributed by atoms with van der Waals surface area (Å²) < 4.78 is 5.16. The molecule has 1 aliphatic carbocycles. The van der Waals surface area contributed by atoms with E-state index < -0.39 is 0 Å². The van der Waals surface area contributed by atoms with Gasteiger partial charge in [-0.1, -0.05) is 34.8 Å². The summed E-state index contributed by atoms with van der Waals surface area (Å²) in [7, 11) is 0. The first-order chi connectivity index (χ1) is 13.2. The molecule has 3 aliphatic heterocycles. The maximum Gasteiger partial charge on any atom is 0.223 e. The first-order valence-electron chi connectivity index (χ1n) is 10.5. The van der Waals surface area contributed by atoms with Gasteiger partial charge in [-0.05, 0) is 50.5 Å². The molecule has 5 nitrogen and oxygen atoms in total. The van der Waals surface area contributed by atoms with Crippen LogP contribution in [-0.2, 0) is 11.2 Å². The third-order valence-electron chi connectivity index (χ3n) is 7.09. The molecule has 2 bridgehead atoms. The largest absolute Gasteiger partial charge is 0.360 e. The molecule has 1 amide bonds. The van der Waals surface area contributed by atoms with Crippen LogP contribution in [0, 0.1) is 11.8 Å².